The van der Waals surface area contributed by atoms with Crippen molar-refractivity contribution in [3.8, 4) is 11.5 Å². The fourth-order valence-corrected chi connectivity index (χ4v) is 3.32. The minimum absolute atomic E-state index is 0.202. The van der Waals surface area contributed by atoms with Crippen molar-refractivity contribution in [1.29, 1.82) is 0 Å². The number of ether oxygens (including phenoxy) is 2. The molecule has 0 amide bonds. The van der Waals surface area contributed by atoms with Gasteiger partial charge in [0.1, 0.15) is 13.2 Å². The molecule has 28 heavy (non-hydrogen) atoms. The quantitative estimate of drug-likeness (QED) is 0.600. The molecule has 0 fully saturated rings. The van der Waals surface area contributed by atoms with Crippen LogP contribution in [0.2, 0.25) is 0 Å². The first-order valence-electron chi connectivity index (χ1n) is 9.43. The van der Waals surface area contributed by atoms with E-state index in [1.54, 1.807) is 7.05 Å². The van der Waals surface area contributed by atoms with Gasteiger partial charge < -0.3 is 24.6 Å². The van der Waals surface area contributed by atoms with Gasteiger partial charge in [0.15, 0.2) is 17.5 Å². The van der Waals surface area contributed by atoms with Crippen molar-refractivity contribution >= 4 is 5.96 Å². The molecule has 1 aromatic heterocycles. The number of rotatable bonds is 6. The number of hydrogen-bond acceptors (Lipinski definition) is 5. The SMILES string of the molecule is CN=C(NCC(c1cnn(C)c1)N(C)C)N(C)Cc1ccc2c(c1)OCCO2. The smallest absolute Gasteiger partial charge is 0.193 e. The van der Waals surface area contributed by atoms with Crippen molar-refractivity contribution in [3.05, 3.63) is 41.7 Å². The molecule has 152 valence electrons. The fourth-order valence-electron chi connectivity index (χ4n) is 3.32. The third-order valence-corrected chi connectivity index (χ3v) is 4.79. The molecule has 0 spiro atoms. The Hall–Kier alpha value is -2.74. The Morgan fingerprint density at radius 2 is 2.00 bits per heavy atom. The van der Waals surface area contributed by atoms with Gasteiger partial charge in [0, 0.05) is 46.0 Å². The Bertz CT molecular complexity index is 817. The van der Waals surface area contributed by atoms with Gasteiger partial charge in [-0.25, -0.2) is 0 Å². The third-order valence-electron chi connectivity index (χ3n) is 4.79. The number of hydrogen-bond donors (Lipinski definition) is 1. The van der Waals surface area contributed by atoms with E-state index < -0.39 is 0 Å². The molecule has 2 aromatic rings. The first-order chi connectivity index (χ1) is 13.5. The molecule has 8 heteroatoms. The number of aliphatic imine (C=N–C) groups is 1. The molecule has 1 atom stereocenters. The highest BCUT2D eigenvalue weighted by Crippen LogP contribution is 2.31. The van der Waals surface area contributed by atoms with E-state index in [1.807, 2.05) is 43.3 Å². The molecule has 1 unspecified atom stereocenters. The van der Waals surface area contributed by atoms with Crippen LogP contribution in [0.3, 0.4) is 0 Å². The number of nitrogens with one attached hydrogen (secondary N) is 1. The van der Waals surface area contributed by atoms with Crippen LogP contribution in [0.25, 0.3) is 0 Å². The molecule has 0 saturated carbocycles. The van der Waals surface area contributed by atoms with E-state index in [2.05, 4.69) is 45.4 Å². The van der Waals surface area contributed by atoms with Crippen LogP contribution < -0.4 is 14.8 Å². The van der Waals surface area contributed by atoms with Crippen molar-refractivity contribution in [2.45, 2.75) is 12.6 Å². The maximum atomic E-state index is 5.69. The molecule has 1 aliphatic rings. The van der Waals surface area contributed by atoms with E-state index >= 15 is 0 Å². The van der Waals surface area contributed by atoms with Crippen LogP contribution in [-0.2, 0) is 13.6 Å². The average Bonchev–Trinajstić information content (AvgIpc) is 3.10. The molecular formula is C20H30N6O2. The molecule has 0 aliphatic carbocycles. The molecule has 2 heterocycles. The minimum Gasteiger partial charge on any atom is -0.486 e. The minimum atomic E-state index is 0.202. The van der Waals surface area contributed by atoms with Crippen LogP contribution in [0, 0.1) is 0 Å². The first-order valence-corrected chi connectivity index (χ1v) is 9.43. The van der Waals surface area contributed by atoms with E-state index in [4.69, 9.17) is 9.47 Å². The van der Waals surface area contributed by atoms with Crippen LogP contribution in [0.15, 0.2) is 35.6 Å². The van der Waals surface area contributed by atoms with Crippen molar-refractivity contribution in [1.82, 2.24) is 24.9 Å². The summed E-state index contributed by atoms with van der Waals surface area (Å²) in [6, 6.07) is 6.28. The monoisotopic (exact) mass is 386 g/mol. The predicted octanol–water partition coefficient (Wildman–Crippen LogP) is 1.50. The normalized spacial score (nSPS) is 14.9. The van der Waals surface area contributed by atoms with Gasteiger partial charge in [-0.05, 0) is 31.8 Å². The lowest BCUT2D eigenvalue weighted by Gasteiger charge is -2.28. The standard InChI is InChI=1S/C20H30N6O2/c1-21-20(22-12-17(24(2)3)16-11-23-26(5)14-16)25(4)13-15-6-7-18-19(10-15)28-9-8-27-18/h6-7,10-11,14,17H,8-9,12-13H2,1-5H3,(H,21,22). The van der Waals surface area contributed by atoms with Gasteiger partial charge in [-0.15, -0.1) is 0 Å². The number of aryl methyl sites for hydroxylation is 1. The van der Waals surface area contributed by atoms with Gasteiger partial charge in [0.05, 0.1) is 12.2 Å². The summed E-state index contributed by atoms with van der Waals surface area (Å²) < 4.78 is 13.1. The maximum Gasteiger partial charge on any atom is 0.193 e. The number of fused-ring (bicyclic) bond motifs is 1. The van der Waals surface area contributed by atoms with Crippen molar-refractivity contribution < 1.29 is 9.47 Å². The second-order valence-corrected chi connectivity index (χ2v) is 7.19. The Labute approximate surface area is 166 Å². The number of aromatic nitrogens is 2. The summed E-state index contributed by atoms with van der Waals surface area (Å²) in [5.74, 6) is 2.46. The molecule has 1 N–H and O–H groups in total. The van der Waals surface area contributed by atoms with Crippen LogP contribution >= 0.6 is 0 Å². The van der Waals surface area contributed by atoms with Gasteiger partial charge in [-0.1, -0.05) is 6.07 Å². The largest absolute Gasteiger partial charge is 0.486 e. The highest BCUT2D eigenvalue weighted by molar-refractivity contribution is 5.79. The average molecular weight is 387 g/mol. The summed E-state index contributed by atoms with van der Waals surface area (Å²) in [4.78, 5) is 8.72. The number of benzene rings is 1. The zero-order chi connectivity index (χ0) is 20.1. The van der Waals surface area contributed by atoms with Crippen LogP contribution in [0.1, 0.15) is 17.2 Å². The van der Waals surface area contributed by atoms with Crippen LogP contribution in [0.4, 0.5) is 0 Å². The molecule has 0 bridgehead atoms. The van der Waals surface area contributed by atoms with Crippen LogP contribution in [0.5, 0.6) is 11.5 Å². The molecule has 1 aromatic carbocycles. The van der Waals surface area contributed by atoms with Crippen molar-refractivity contribution in [2.24, 2.45) is 12.0 Å². The summed E-state index contributed by atoms with van der Waals surface area (Å²) in [7, 11) is 9.91. The van der Waals surface area contributed by atoms with E-state index in [-0.39, 0.29) is 6.04 Å². The lowest BCUT2D eigenvalue weighted by Crippen LogP contribution is -2.42. The number of nitrogens with zero attached hydrogens (tertiary/aromatic N) is 5. The Kier molecular flexibility index (Phi) is 6.41. The maximum absolute atomic E-state index is 5.69. The predicted molar refractivity (Wildman–Crippen MR) is 110 cm³/mol. The molecule has 8 nitrogen and oxygen atoms in total. The van der Waals surface area contributed by atoms with E-state index in [0.29, 0.717) is 13.2 Å². The van der Waals surface area contributed by atoms with E-state index in [1.165, 1.54) is 5.56 Å². The Morgan fingerprint density at radius 3 is 2.64 bits per heavy atom. The van der Waals surface area contributed by atoms with E-state index in [9.17, 15) is 0 Å². The second kappa shape index (κ2) is 8.97. The highest BCUT2D eigenvalue weighted by atomic mass is 16.6. The molecule has 0 radical (unpaired) electrons. The lowest BCUT2D eigenvalue weighted by atomic mass is 10.1. The summed E-state index contributed by atoms with van der Waals surface area (Å²) in [6.07, 6.45) is 3.96. The third kappa shape index (κ3) is 4.75. The fraction of sp³-hybridized carbons (Fsp3) is 0.500. The summed E-state index contributed by atoms with van der Waals surface area (Å²) in [5.41, 5.74) is 2.32. The van der Waals surface area contributed by atoms with Gasteiger partial charge >= 0.3 is 0 Å². The summed E-state index contributed by atoms with van der Waals surface area (Å²) >= 11 is 0. The molecule has 0 saturated heterocycles. The zero-order valence-electron chi connectivity index (χ0n) is 17.3. The zero-order valence-corrected chi connectivity index (χ0v) is 17.3. The Morgan fingerprint density at radius 1 is 1.25 bits per heavy atom. The summed E-state index contributed by atoms with van der Waals surface area (Å²) in [5, 5.41) is 7.78. The van der Waals surface area contributed by atoms with Crippen LogP contribution in [-0.4, -0.2) is 73.5 Å². The topological polar surface area (TPSA) is 67.2 Å². The second-order valence-electron chi connectivity index (χ2n) is 7.19. The highest BCUT2D eigenvalue weighted by Gasteiger charge is 2.18. The van der Waals surface area contributed by atoms with Gasteiger partial charge in [-0.3, -0.25) is 9.67 Å². The number of guanidine groups is 1. The van der Waals surface area contributed by atoms with Crippen molar-refractivity contribution in [3.63, 3.8) is 0 Å². The van der Waals surface area contributed by atoms with E-state index in [0.717, 1.165) is 36.1 Å². The lowest BCUT2D eigenvalue weighted by molar-refractivity contribution is 0.171. The number of likely N-dealkylation sites (N-methyl/N-ethyl adjacent to an activating group) is 1. The van der Waals surface area contributed by atoms with Gasteiger partial charge in [0.25, 0.3) is 0 Å². The summed E-state index contributed by atoms with van der Waals surface area (Å²) in [6.45, 7) is 2.65. The first kappa shape index (κ1) is 20.0. The van der Waals surface area contributed by atoms with Gasteiger partial charge in [0.2, 0.25) is 0 Å². The molecular weight excluding hydrogens is 356 g/mol. The molecule has 3 rings (SSSR count). The Balaban J connectivity index is 1.62. The van der Waals surface area contributed by atoms with Gasteiger partial charge in [-0.2, -0.15) is 5.10 Å². The molecule has 1 aliphatic heterocycles. The van der Waals surface area contributed by atoms with Crippen molar-refractivity contribution in [2.75, 3.05) is 47.9 Å².